The van der Waals surface area contributed by atoms with Crippen LogP contribution in [0.1, 0.15) is 13.3 Å². The molecule has 0 aliphatic carbocycles. The predicted molar refractivity (Wildman–Crippen MR) is 64.5 cm³/mol. The molecule has 1 fully saturated rings. The first kappa shape index (κ1) is 14.9. The smallest absolute Gasteiger partial charge is 0.311 e. The standard InChI is InChI=1S/C10H18N2O5S/c1-7(13)5-11-9(14)10(15)12(2)8-3-4-18(16,17)6-8/h7-8,13H,3-6H2,1-2H3,(H,11,14). The topological polar surface area (TPSA) is 104 Å². The van der Waals surface area contributed by atoms with Gasteiger partial charge in [-0.05, 0) is 13.3 Å². The highest BCUT2D eigenvalue weighted by atomic mass is 32.2. The number of carbonyl (C=O) groups is 2. The number of amides is 2. The van der Waals surface area contributed by atoms with Gasteiger partial charge in [0, 0.05) is 19.6 Å². The van der Waals surface area contributed by atoms with Crippen LogP contribution < -0.4 is 5.32 Å². The molecule has 0 spiro atoms. The molecule has 0 radical (unpaired) electrons. The maximum absolute atomic E-state index is 11.7. The molecule has 0 aromatic rings. The lowest BCUT2D eigenvalue weighted by Crippen LogP contribution is -2.47. The van der Waals surface area contributed by atoms with E-state index >= 15 is 0 Å². The summed E-state index contributed by atoms with van der Waals surface area (Å²) in [6.45, 7) is 1.47. The Morgan fingerprint density at radius 1 is 1.50 bits per heavy atom. The van der Waals surface area contributed by atoms with Crippen LogP contribution >= 0.6 is 0 Å². The van der Waals surface area contributed by atoms with E-state index in [1.54, 1.807) is 0 Å². The highest BCUT2D eigenvalue weighted by molar-refractivity contribution is 7.91. The number of hydrogen-bond donors (Lipinski definition) is 2. The van der Waals surface area contributed by atoms with Crippen molar-refractivity contribution < 1.29 is 23.1 Å². The van der Waals surface area contributed by atoms with Crippen LogP contribution in [0.3, 0.4) is 0 Å². The van der Waals surface area contributed by atoms with Gasteiger partial charge in [0.1, 0.15) is 0 Å². The Bertz CT molecular complexity index is 432. The quantitative estimate of drug-likeness (QED) is 0.589. The third kappa shape index (κ3) is 3.95. The van der Waals surface area contributed by atoms with E-state index in [1.807, 2.05) is 0 Å². The SMILES string of the molecule is CC(O)CNC(=O)C(=O)N(C)C1CCS(=O)(=O)C1. The number of rotatable bonds is 3. The fraction of sp³-hybridized carbons (Fsp3) is 0.800. The van der Waals surface area contributed by atoms with Crippen molar-refractivity contribution in [3.63, 3.8) is 0 Å². The Morgan fingerprint density at radius 3 is 2.56 bits per heavy atom. The Kier molecular flexibility index (Phi) is 4.69. The average Bonchev–Trinajstić information content (AvgIpc) is 2.64. The Morgan fingerprint density at radius 2 is 2.11 bits per heavy atom. The predicted octanol–water partition coefficient (Wildman–Crippen LogP) is -1.87. The van der Waals surface area contributed by atoms with Crippen LogP contribution in [0, 0.1) is 0 Å². The molecular formula is C10H18N2O5S. The third-order valence-electron chi connectivity index (χ3n) is 2.83. The Balaban J connectivity index is 2.54. The second-order valence-electron chi connectivity index (χ2n) is 4.53. The number of likely N-dealkylation sites (N-methyl/N-ethyl adjacent to an activating group) is 1. The normalized spacial score (nSPS) is 23.4. The zero-order valence-corrected chi connectivity index (χ0v) is 11.2. The van der Waals surface area contributed by atoms with Crippen LogP contribution in [0.15, 0.2) is 0 Å². The summed E-state index contributed by atoms with van der Waals surface area (Å²) < 4.78 is 22.6. The molecule has 8 heteroatoms. The van der Waals surface area contributed by atoms with E-state index < -0.39 is 33.8 Å². The van der Waals surface area contributed by atoms with Gasteiger partial charge in [-0.3, -0.25) is 9.59 Å². The first-order valence-electron chi connectivity index (χ1n) is 5.66. The van der Waals surface area contributed by atoms with Gasteiger partial charge in [0.15, 0.2) is 9.84 Å². The number of sulfone groups is 1. The van der Waals surface area contributed by atoms with Crippen LogP contribution in [0.2, 0.25) is 0 Å². The minimum Gasteiger partial charge on any atom is -0.392 e. The van der Waals surface area contributed by atoms with Crippen molar-refractivity contribution in [2.75, 3.05) is 25.1 Å². The molecular weight excluding hydrogens is 260 g/mol. The summed E-state index contributed by atoms with van der Waals surface area (Å²) in [6, 6.07) is -0.445. The molecule has 1 rings (SSSR count). The third-order valence-corrected chi connectivity index (χ3v) is 4.58. The van der Waals surface area contributed by atoms with Gasteiger partial charge in [-0.15, -0.1) is 0 Å². The second kappa shape index (κ2) is 5.66. The minimum absolute atomic E-state index is 0.0125. The average molecular weight is 278 g/mol. The van der Waals surface area contributed by atoms with E-state index in [1.165, 1.54) is 14.0 Å². The maximum Gasteiger partial charge on any atom is 0.311 e. The summed E-state index contributed by atoms with van der Waals surface area (Å²) >= 11 is 0. The number of carbonyl (C=O) groups excluding carboxylic acids is 2. The molecule has 18 heavy (non-hydrogen) atoms. The van der Waals surface area contributed by atoms with Gasteiger partial charge in [0.2, 0.25) is 0 Å². The van der Waals surface area contributed by atoms with Crippen molar-refractivity contribution in [2.24, 2.45) is 0 Å². The molecule has 1 saturated heterocycles. The summed E-state index contributed by atoms with van der Waals surface area (Å²) in [4.78, 5) is 24.3. The van der Waals surface area contributed by atoms with Crippen LogP contribution in [-0.2, 0) is 19.4 Å². The van der Waals surface area contributed by atoms with E-state index in [4.69, 9.17) is 5.11 Å². The fourth-order valence-corrected chi connectivity index (χ4v) is 3.50. The number of nitrogens with one attached hydrogen (secondary N) is 1. The molecule has 104 valence electrons. The van der Waals surface area contributed by atoms with E-state index in [9.17, 15) is 18.0 Å². The van der Waals surface area contributed by atoms with Gasteiger partial charge in [-0.25, -0.2) is 8.42 Å². The molecule has 2 unspecified atom stereocenters. The summed E-state index contributed by atoms with van der Waals surface area (Å²) in [6.07, 6.45) is -0.382. The zero-order chi connectivity index (χ0) is 13.9. The van der Waals surface area contributed by atoms with Crippen molar-refractivity contribution in [3.05, 3.63) is 0 Å². The summed E-state index contributed by atoms with van der Waals surface area (Å²) in [5.41, 5.74) is 0. The maximum atomic E-state index is 11.7. The fourth-order valence-electron chi connectivity index (χ4n) is 1.72. The second-order valence-corrected chi connectivity index (χ2v) is 6.76. The van der Waals surface area contributed by atoms with Crippen molar-refractivity contribution in [1.29, 1.82) is 0 Å². The minimum atomic E-state index is -3.09. The lowest BCUT2D eigenvalue weighted by atomic mass is 10.2. The van der Waals surface area contributed by atoms with Gasteiger partial charge in [0.05, 0.1) is 17.6 Å². The molecule has 0 saturated carbocycles. The molecule has 1 aliphatic rings. The van der Waals surface area contributed by atoms with Crippen LogP contribution in [-0.4, -0.2) is 67.5 Å². The molecule has 7 nitrogen and oxygen atoms in total. The van der Waals surface area contributed by atoms with Gasteiger partial charge < -0.3 is 15.3 Å². The Labute approximate surface area is 106 Å². The molecule has 1 aliphatic heterocycles. The number of hydrogen-bond acceptors (Lipinski definition) is 5. The van der Waals surface area contributed by atoms with E-state index in [-0.39, 0.29) is 18.1 Å². The molecule has 0 bridgehead atoms. The van der Waals surface area contributed by atoms with Crippen molar-refractivity contribution >= 4 is 21.7 Å². The molecule has 0 aromatic heterocycles. The van der Waals surface area contributed by atoms with Gasteiger partial charge >= 0.3 is 11.8 Å². The Hall–Kier alpha value is -1.15. The molecule has 2 amide bonds. The van der Waals surface area contributed by atoms with Gasteiger partial charge in [-0.1, -0.05) is 0 Å². The highest BCUT2D eigenvalue weighted by Gasteiger charge is 2.34. The number of aliphatic hydroxyl groups is 1. The highest BCUT2D eigenvalue weighted by Crippen LogP contribution is 2.16. The lowest BCUT2D eigenvalue weighted by Gasteiger charge is -2.22. The zero-order valence-electron chi connectivity index (χ0n) is 10.4. The van der Waals surface area contributed by atoms with Gasteiger partial charge in [0.25, 0.3) is 0 Å². The molecule has 0 aromatic carbocycles. The monoisotopic (exact) mass is 278 g/mol. The van der Waals surface area contributed by atoms with Crippen LogP contribution in [0.4, 0.5) is 0 Å². The molecule has 1 heterocycles. The first-order chi connectivity index (χ1) is 8.23. The number of nitrogens with zero attached hydrogens (tertiary/aromatic N) is 1. The lowest BCUT2D eigenvalue weighted by molar-refractivity contribution is -0.146. The van der Waals surface area contributed by atoms with Gasteiger partial charge in [-0.2, -0.15) is 0 Å². The van der Waals surface area contributed by atoms with Crippen LogP contribution in [0.25, 0.3) is 0 Å². The summed E-state index contributed by atoms with van der Waals surface area (Å²) in [5, 5.41) is 11.3. The van der Waals surface area contributed by atoms with E-state index in [0.29, 0.717) is 6.42 Å². The van der Waals surface area contributed by atoms with Crippen molar-refractivity contribution in [2.45, 2.75) is 25.5 Å². The molecule has 2 N–H and O–H groups in total. The summed E-state index contributed by atoms with van der Waals surface area (Å²) in [5.74, 6) is -1.66. The van der Waals surface area contributed by atoms with E-state index in [0.717, 1.165) is 4.90 Å². The van der Waals surface area contributed by atoms with Crippen molar-refractivity contribution in [1.82, 2.24) is 10.2 Å². The van der Waals surface area contributed by atoms with Crippen LogP contribution in [0.5, 0.6) is 0 Å². The first-order valence-corrected chi connectivity index (χ1v) is 7.48. The van der Waals surface area contributed by atoms with Crippen molar-refractivity contribution in [3.8, 4) is 0 Å². The largest absolute Gasteiger partial charge is 0.392 e. The molecule has 2 atom stereocenters. The number of aliphatic hydroxyl groups excluding tert-OH is 1. The summed E-state index contributed by atoms with van der Waals surface area (Å²) in [7, 11) is -1.68. The van der Waals surface area contributed by atoms with E-state index in [2.05, 4.69) is 5.32 Å².